The third-order valence-corrected chi connectivity index (χ3v) is 3.85. The largest absolute Gasteiger partial charge is 0.388 e. The smallest absolute Gasteiger partial charge is 0.251 e. The van der Waals surface area contributed by atoms with Gasteiger partial charge in [-0.05, 0) is 43.0 Å². The molecule has 1 amide bonds. The molecular formula is C17H28N2O. The monoisotopic (exact) mass is 276 g/mol. The van der Waals surface area contributed by atoms with Gasteiger partial charge in [-0.15, -0.1) is 0 Å². The third kappa shape index (κ3) is 4.87. The number of unbranched alkanes of at least 4 members (excludes halogenated alkanes) is 1. The number of benzene rings is 1. The minimum atomic E-state index is 0.0331. The summed E-state index contributed by atoms with van der Waals surface area (Å²) >= 11 is 0. The number of anilines is 1. The summed E-state index contributed by atoms with van der Waals surface area (Å²) in [5, 5.41) is 6.18. The van der Waals surface area contributed by atoms with Gasteiger partial charge in [0.05, 0.1) is 0 Å². The van der Waals surface area contributed by atoms with E-state index in [9.17, 15) is 4.79 Å². The summed E-state index contributed by atoms with van der Waals surface area (Å²) in [5.74, 6) is 0.627. The summed E-state index contributed by atoms with van der Waals surface area (Å²) in [4.78, 5) is 12.2. The standard InChI is InChI=1S/C17H28N2O/c1-5-7-8-14(6-2)12-19-17(20)15-9-10-16(18-4)13(3)11-15/h9-11,14,18H,5-8,12H2,1-4H3,(H,19,20). The Morgan fingerprint density at radius 2 is 2.05 bits per heavy atom. The van der Waals surface area contributed by atoms with Gasteiger partial charge in [-0.25, -0.2) is 0 Å². The van der Waals surface area contributed by atoms with Gasteiger partial charge < -0.3 is 10.6 Å². The molecule has 20 heavy (non-hydrogen) atoms. The zero-order chi connectivity index (χ0) is 15.0. The molecule has 3 heteroatoms. The molecule has 1 atom stereocenters. The van der Waals surface area contributed by atoms with Crippen molar-refractivity contribution in [3.63, 3.8) is 0 Å². The quantitative estimate of drug-likeness (QED) is 0.754. The molecule has 0 spiro atoms. The lowest BCUT2D eigenvalue weighted by Crippen LogP contribution is -2.29. The Morgan fingerprint density at radius 3 is 2.60 bits per heavy atom. The molecule has 0 saturated carbocycles. The van der Waals surface area contributed by atoms with Crippen LogP contribution in [0.4, 0.5) is 5.69 Å². The second-order valence-corrected chi connectivity index (χ2v) is 5.41. The highest BCUT2D eigenvalue weighted by atomic mass is 16.1. The predicted octanol–water partition coefficient (Wildman–Crippen LogP) is 3.98. The maximum Gasteiger partial charge on any atom is 0.251 e. The zero-order valence-electron chi connectivity index (χ0n) is 13.3. The lowest BCUT2D eigenvalue weighted by Gasteiger charge is -2.15. The van der Waals surface area contributed by atoms with E-state index in [1.165, 1.54) is 19.3 Å². The van der Waals surface area contributed by atoms with E-state index in [1.807, 2.05) is 32.2 Å². The van der Waals surface area contributed by atoms with Crippen LogP contribution in [-0.2, 0) is 0 Å². The summed E-state index contributed by atoms with van der Waals surface area (Å²) in [6, 6.07) is 5.77. The minimum Gasteiger partial charge on any atom is -0.388 e. The van der Waals surface area contributed by atoms with Crippen molar-refractivity contribution in [2.24, 2.45) is 5.92 Å². The van der Waals surface area contributed by atoms with Gasteiger partial charge in [-0.1, -0.05) is 33.1 Å². The van der Waals surface area contributed by atoms with Crippen molar-refractivity contribution in [3.8, 4) is 0 Å². The molecule has 0 aliphatic heterocycles. The number of rotatable bonds is 8. The number of hydrogen-bond donors (Lipinski definition) is 2. The summed E-state index contributed by atoms with van der Waals surface area (Å²) < 4.78 is 0. The van der Waals surface area contributed by atoms with Crippen LogP contribution < -0.4 is 10.6 Å². The molecule has 1 rings (SSSR count). The maximum absolute atomic E-state index is 12.2. The first-order valence-corrected chi connectivity index (χ1v) is 7.68. The molecule has 0 saturated heterocycles. The van der Waals surface area contributed by atoms with E-state index in [-0.39, 0.29) is 5.91 Å². The Morgan fingerprint density at radius 1 is 1.30 bits per heavy atom. The molecule has 1 aromatic carbocycles. The second kappa shape index (κ2) is 8.62. The molecule has 0 radical (unpaired) electrons. The van der Waals surface area contributed by atoms with Crippen LogP contribution in [0.1, 0.15) is 55.5 Å². The lowest BCUT2D eigenvalue weighted by molar-refractivity contribution is 0.0946. The maximum atomic E-state index is 12.2. The number of hydrogen-bond acceptors (Lipinski definition) is 2. The fraction of sp³-hybridized carbons (Fsp3) is 0.588. The topological polar surface area (TPSA) is 41.1 Å². The van der Waals surface area contributed by atoms with Crippen LogP contribution in [0.2, 0.25) is 0 Å². The van der Waals surface area contributed by atoms with Gasteiger partial charge in [0.25, 0.3) is 5.91 Å². The Hall–Kier alpha value is -1.51. The van der Waals surface area contributed by atoms with E-state index >= 15 is 0 Å². The van der Waals surface area contributed by atoms with Crippen LogP contribution in [0.3, 0.4) is 0 Å². The van der Waals surface area contributed by atoms with E-state index in [0.29, 0.717) is 5.92 Å². The Kier molecular flexibility index (Phi) is 7.13. The first-order chi connectivity index (χ1) is 9.62. The highest BCUT2D eigenvalue weighted by Crippen LogP contribution is 2.16. The average Bonchev–Trinajstić information content (AvgIpc) is 2.47. The number of amides is 1. The van der Waals surface area contributed by atoms with Gasteiger partial charge in [0, 0.05) is 24.8 Å². The van der Waals surface area contributed by atoms with E-state index in [0.717, 1.165) is 29.8 Å². The fourth-order valence-corrected chi connectivity index (χ4v) is 2.37. The summed E-state index contributed by atoms with van der Waals surface area (Å²) in [6.45, 7) is 7.19. The normalized spacial score (nSPS) is 12.0. The van der Waals surface area contributed by atoms with Gasteiger partial charge in [-0.3, -0.25) is 4.79 Å². The molecule has 0 heterocycles. The molecule has 112 valence electrons. The van der Waals surface area contributed by atoms with Crippen LogP contribution in [0.15, 0.2) is 18.2 Å². The number of aryl methyl sites for hydroxylation is 1. The van der Waals surface area contributed by atoms with Gasteiger partial charge in [0.1, 0.15) is 0 Å². The first kappa shape index (κ1) is 16.5. The third-order valence-electron chi connectivity index (χ3n) is 3.85. The van der Waals surface area contributed by atoms with E-state index in [4.69, 9.17) is 0 Å². The van der Waals surface area contributed by atoms with Crippen LogP contribution >= 0.6 is 0 Å². The lowest BCUT2D eigenvalue weighted by atomic mass is 9.99. The van der Waals surface area contributed by atoms with Crippen molar-refractivity contribution in [2.75, 3.05) is 18.9 Å². The molecule has 0 aromatic heterocycles. The molecule has 0 aliphatic rings. The highest BCUT2D eigenvalue weighted by Gasteiger charge is 2.10. The summed E-state index contributed by atoms with van der Waals surface area (Å²) in [5.41, 5.74) is 2.90. The van der Waals surface area contributed by atoms with Crippen LogP contribution in [0, 0.1) is 12.8 Å². The zero-order valence-corrected chi connectivity index (χ0v) is 13.3. The van der Waals surface area contributed by atoms with Crippen molar-refractivity contribution in [1.29, 1.82) is 0 Å². The van der Waals surface area contributed by atoms with Gasteiger partial charge in [-0.2, -0.15) is 0 Å². The van der Waals surface area contributed by atoms with Gasteiger partial charge >= 0.3 is 0 Å². The number of carbonyl (C=O) groups is 1. The molecule has 0 fully saturated rings. The van der Waals surface area contributed by atoms with E-state index in [2.05, 4.69) is 24.5 Å². The van der Waals surface area contributed by atoms with Crippen molar-refractivity contribution in [3.05, 3.63) is 29.3 Å². The fourth-order valence-electron chi connectivity index (χ4n) is 2.37. The molecular weight excluding hydrogens is 248 g/mol. The SMILES string of the molecule is CCCCC(CC)CNC(=O)c1ccc(NC)c(C)c1. The van der Waals surface area contributed by atoms with Crippen LogP contribution in [0.5, 0.6) is 0 Å². The van der Waals surface area contributed by atoms with Gasteiger partial charge in [0.2, 0.25) is 0 Å². The number of carbonyl (C=O) groups excluding carboxylic acids is 1. The Labute approximate surface area is 123 Å². The molecule has 0 aliphatic carbocycles. The minimum absolute atomic E-state index is 0.0331. The Bertz CT molecular complexity index is 429. The van der Waals surface area contributed by atoms with Crippen molar-refractivity contribution in [2.45, 2.75) is 46.5 Å². The number of nitrogens with one attached hydrogen (secondary N) is 2. The summed E-state index contributed by atoms with van der Waals surface area (Å²) in [6.07, 6.45) is 4.78. The van der Waals surface area contributed by atoms with E-state index in [1.54, 1.807) is 0 Å². The van der Waals surface area contributed by atoms with Crippen LogP contribution in [0.25, 0.3) is 0 Å². The second-order valence-electron chi connectivity index (χ2n) is 5.41. The van der Waals surface area contributed by atoms with E-state index < -0.39 is 0 Å². The highest BCUT2D eigenvalue weighted by molar-refractivity contribution is 5.94. The van der Waals surface area contributed by atoms with Crippen molar-refractivity contribution >= 4 is 11.6 Å². The van der Waals surface area contributed by atoms with Crippen LogP contribution in [-0.4, -0.2) is 19.5 Å². The molecule has 2 N–H and O–H groups in total. The molecule has 1 unspecified atom stereocenters. The average molecular weight is 276 g/mol. The van der Waals surface area contributed by atoms with Crippen molar-refractivity contribution < 1.29 is 4.79 Å². The molecule has 3 nitrogen and oxygen atoms in total. The van der Waals surface area contributed by atoms with Gasteiger partial charge in [0.15, 0.2) is 0 Å². The Balaban J connectivity index is 2.55. The predicted molar refractivity (Wildman–Crippen MR) is 86.4 cm³/mol. The summed E-state index contributed by atoms with van der Waals surface area (Å²) in [7, 11) is 1.89. The molecule has 1 aromatic rings. The molecule has 0 bridgehead atoms. The van der Waals surface area contributed by atoms with Crippen molar-refractivity contribution in [1.82, 2.24) is 5.32 Å². The first-order valence-electron chi connectivity index (χ1n) is 7.68.